The molecule has 1 aliphatic heterocycles. The van der Waals surface area contributed by atoms with Gasteiger partial charge in [0.25, 0.3) is 0 Å². The molecule has 0 aromatic heterocycles. The van der Waals surface area contributed by atoms with E-state index in [1.54, 1.807) is 12.1 Å². The molecule has 0 bridgehead atoms. The summed E-state index contributed by atoms with van der Waals surface area (Å²) in [6.45, 7) is 4.74. The van der Waals surface area contributed by atoms with E-state index in [4.69, 9.17) is 11.1 Å². The number of sulfone groups is 1. The summed E-state index contributed by atoms with van der Waals surface area (Å²) in [6.07, 6.45) is 1.15. The van der Waals surface area contributed by atoms with E-state index in [1.165, 1.54) is 12.1 Å². The molecule has 1 fully saturated rings. The number of rotatable bonds is 5. The van der Waals surface area contributed by atoms with Gasteiger partial charge in [-0.15, -0.1) is 0 Å². The number of likely N-dealkylation sites (tertiary alicyclic amines) is 1. The van der Waals surface area contributed by atoms with Gasteiger partial charge in [0.05, 0.1) is 10.6 Å². The highest BCUT2D eigenvalue weighted by atomic mass is 32.2. The molecule has 0 saturated carbocycles. The van der Waals surface area contributed by atoms with Crippen LogP contribution in [-0.4, -0.2) is 44.5 Å². The number of nitrogens with zero attached hydrogens (tertiary/aromatic N) is 1. The Hall–Kier alpha value is -1.40. The summed E-state index contributed by atoms with van der Waals surface area (Å²) in [6, 6.07) is 6.21. The monoisotopic (exact) mass is 295 g/mol. The smallest absolute Gasteiger partial charge is 0.179 e. The second-order valence-electron chi connectivity index (χ2n) is 5.45. The van der Waals surface area contributed by atoms with Crippen LogP contribution in [0.4, 0.5) is 0 Å². The summed E-state index contributed by atoms with van der Waals surface area (Å²) < 4.78 is 24.5. The van der Waals surface area contributed by atoms with Gasteiger partial charge >= 0.3 is 0 Å². The number of nitrogens with two attached hydrogens (primary N) is 1. The van der Waals surface area contributed by atoms with E-state index in [0.29, 0.717) is 22.9 Å². The molecule has 1 aliphatic rings. The summed E-state index contributed by atoms with van der Waals surface area (Å²) in [5.74, 6) is 0.742. The number of amidine groups is 1. The van der Waals surface area contributed by atoms with Gasteiger partial charge in [0.15, 0.2) is 9.84 Å². The van der Waals surface area contributed by atoms with Crippen molar-refractivity contribution in [3.8, 4) is 0 Å². The van der Waals surface area contributed by atoms with Crippen molar-refractivity contribution < 1.29 is 8.42 Å². The Balaban J connectivity index is 2.00. The third kappa shape index (κ3) is 3.58. The van der Waals surface area contributed by atoms with Crippen LogP contribution >= 0.6 is 0 Å². The number of hydrogen-bond acceptors (Lipinski definition) is 4. The lowest BCUT2D eigenvalue weighted by atomic mass is 10.2. The maximum atomic E-state index is 12.2. The Labute approximate surface area is 120 Å². The van der Waals surface area contributed by atoms with Crippen LogP contribution in [0.25, 0.3) is 0 Å². The van der Waals surface area contributed by atoms with Gasteiger partial charge in [0.2, 0.25) is 0 Å². The standard InChI is InChI=1S/C14H21N3O2S/c1-11-6-7-17(10-11)8-9-20(18,19)13-4-2-12(3-5-13)14(15)16/h2-5,11H,6-10H2,1H3,(H3,15,16). The van der Waals surface area contributed by atoms with E-state index >= 15 is 0 Å². The molecular formula is C14H21N3O2S. The van der Waals surface area contributed by atoms with Crippen LogP contribution in [0.15, 0.2) is 29.2 Å². The number of nitrogens with one attached hydrogen (secondary N) is 1. The molecule has 0 radical (unpaired) electrons. The molecule has 5 nitrogen and oxygen atoms in total. The van der Waals surface area contributed by atoms with Crippen LogP contribution in [0, 0.1) is 11.3 Å². The van der Waals surface area contributed by atoms with Crippen molar-refractivity contribution >= 4 is 15.7 Å². The average Bonchev–Trinajstić information content (AvgIpc) is 2.82. The van der Waals surface area contributed by atoms with Crippen LogP contribution < -0.4 is 5.73 Å². The molecule has 0 spiro atoms. The quantitative estimate of drug-likeness (QED) is 0.629. The van der Waals surface area contributed by atoms with Crippen molar-refractivity contribution in [1.82, 2.24) is 4.90 Å². The summed E-state index contributed by atoms with van der Waals surface area (Å²) in [5.41, 5.74) is 5.89. The Bertz CT molecular complexity index is 581. The van der Waals surface area contributed by atoms with E-state index in [1.807, 2.05) is 0 Å². The van der Waals surface area contributed by atoms with Gasteiger partial charge in [-0.2, -0.15) is 0 Å². The van der Waals surface area contributed by atoms with Crippen molar-refractivity contribution in [2.45, 2.75) is 18.2 Å². The van der Waals surface area contributed by atoms with Crippen molar-refractivity contribution in [3.63, 3.8) is 0 Å². The molecule has 0 aliphatic carbocycles. The fourth-order valence-electron chi connectivity index (χ4n) is 2.44. The fourth-order valence-corrected chi connectivity index (χ4v) is 3.72. The van der Waals surface area contributed by atoms with Crippen LogP contribution in [0.1, 0.15) is 18.9 Å². The Kier molecular flexibility index (Phi) is 4.45. The van der Waals surface area contributed by atoms with Gasteiger partial charge in [-0.3, -0.25) is 5.41 Å². The number of hydrogen-bond donors (Lipinski definition) is 2. The van der Waals surface area contributed by atoms with E-state index in [9.17, 15) is 8.42 Å². The van der Waals surface area contributed by atoms with E-state index < -0.39 is 9.84 Å². The largest absolute Gasteiger partial charge is 0.384 e. The van der Waals surface area contributed by atoms with E-state index in [2.05, 4.69) is 11.8 Å². The first-order chi connectivity index (χ1) is 9.38. The number of nitrogen functional groups attached to an aromatic ring is 1. The molecule has 1 aromatic rings. The maximum Gasteiger partial charge on any atom is 0.179 e. The van der Waals surface area contributed by atoms with Gasteiger partial charge in [0.1, 0.15) is 5.84 Å². The molecule has 1 unspecified atom stereocenters. The predicted octanol–water partition coefficient (Wildman–Crippen LogP) is 1.09. The first-order valence-electron chi connectivity index (χ1n) is 6.78. The third-order valence-corrected chi connectivity index (χ3v) is 5.42. The van der Waals surface area contributed by atoms with Crippen LogP contribution in [0.5, 0.6) is 0 Å². The molecule has 1 atom stereocenters. The van der Waals surface area contributed by atoms with Crippen molar-refractivity contribution in [1.29, 1.82) is 5.41 Å². The minimum absolute atomic E-state index is 0.0556. The zero-order chi connectivity index (χ0) is 14.8. The van der Waals surface area contributed by atoms with Crippen molar-refractivity contribution in [3.05, 3.63) is 29.8 Å². The summed E-state index contributed by atoms with van der Waals surface area (Å²) in [7, 11) is -3.26. The molecule has 3 N–H and O–H groups in total. The minimum Gasteiger partial charge on any atom is -0.384 e. The molecular weight excluding hydrogens is 274 g/mol. The lowest BCUT2D eigenvalue weighted by Crippen LogP contribution is -2.27. The van der Waals surface area contributed by atoms with Gasteiger partial charge in [-0.1, -0.05) is 19.1 Å². The van der Waals surface area contributed by atoms with Gasteiger partial charge in [-0.25, -0.2) is 8.42 Å². The van der Waals surface area contributed by atoms with Crippen LogP contribution in [-0.2, 0) is 9.84 Å². The molecule has 1 saturated heterocycles. The zero-order valence-electron chi connectivity index (χ0n) is 11.7. The Morgan fingerprint density at radius 1 is 1.40 bits per heavy atom. The first kappa shape index (κ1) is 15.0. The molecule has 20 heavy (non-hydrogen) atoms. The molecule has 110 valence electrons. The average molecular weight is 295 g/mol. The Morgan fingerprint density at radius 3 is 2.55 bits per heavy atom. The van der Waals surface area contributed by atoms with Gasteiger partial charge < -0.3 is 10.6 Å². The molecule has 1 heterocycles. The lowest BCUT2D eigenvalue weighted by Gasteiger charge is -2.15. The summed E-state index contributed by atoms with van der Waals surface area (Å²) in [5, 5.41) is 7.30. The normalized spacial score (nSPS) is 20.1. The molecule has 2 rings (SSSR count). The van der Waals surface area contributed by atoms with Crippen LogP contribution in [0.2, 0.25) is 0 Å². The molecule has 1 aromatic carbocycles. The first-order valence-corrected chi connectivity index (χ1v) is 8.43. The lowest BCUT2D eigenvalue weighted by molar-refractivity contribution is 0.347. The van der Waals surface area contributed by atoms with Gasteiger partial charge in [-0.05, 0) is 31.0 Å². The van der Waals surface area contributed by atoms with Gasteiger partial charge in [0, 0.05) is 18.7 Å². The van der Waals surface area contributed by atoms with E-state index in [-0.39, 0.29) is 11.6 Å². The molecule has 6 heteroatoms. The van der Waals surface area contributed by atoms with Crippen LogP contribution in [0.3, 0.4) is 0 Å². The highest BCUT2D eigenvalue weighted by Gasteiger charge is 2.21. The third-order valence-electron chi connectivity index (χ3n) is 3.71. The maximum absolute atomic E-state index is 12.2. The summed E-state index contributed by atoms with van der Waals surface area (Å²) in [4.78, 5) is 2.50. The highest BCUT2D eigenvalue weighted by Crippen LogP contribution is 2.17. The number of benzene rings is 1. The fraction of sp³-hybridized carbons (Fsp3) is 0.500. The predicted molar refractivity (Wildman–Crippen MR) is 79.7 cm³/mol. The SMILES string of the molecule is CC1CCN(CCS(=O)(=O)c2ccc(C(=N)N)cc2)C1. The Morgan fingerprint density at radius 2 is 2.05 bits per heavy atom. The zero-order valence-corrected chi connectivity index (χ0v) is 12.5. The molecule has 0 amide bonds. The topological polar surface area (TPSA) is 87.2 Å². The summed E-state index contributed by atoms with van der Waals surface area (Å²) >= 11 is 0. The van der Waals surface area contributed by atoms with Crippen molar-refractivity contribution in [2.24, 2.45) is 11.7 Å². The second-order valence-corrected chi connectivity index (χ2v) is 7.56. The minimum atomic E-state index is -3.26. The second kappa shape index (κ2) is 5.93. The van der Waals surface area contributed by atoms with E-state index in [0.717, 1.165) is 19.5 Å². The van der Waals surface area contributed by atoms with Crippen molar-refractivity contribution in [2.75, 3.05) is 25.4 Å². The highest BCUT2D eigenvalue weighted by molar-refractivity contribution is 7.91.